The van der Waals surface area contributed by atoms with Crippen molar-refractivity contribution >= 4 is 29.0 Å². The van der Waals surface area contributed by atoms with Gasteiger partial charge in [0, 0.05) is 12.1 Å². The van der Waals surface area contributed by atoms with Crippen molar-refractivity contribution in [2.45, 2.75) is 12.8 Å². The summed E-state index contributed by atoms with van der Waals surface area (Å²) in [4.78, 5) is 22.6. The van der Waals surface area contributed by atoms with Gasteiger partial charge >= 0.3 is 5.97 Å². The molecule has 1 rings (SSSR count). The standard InChI is InChI=1S/C12H14ClNO3/c1-17-12(16)6-10-8(5-9(15)7-13)3-2-4-11(10)14/h2-4H,5-7,14H2,1H3. The number of hydrogen-bond acceptors (Lipinski definition) is 4. The van der Waals surface area contributed by atoms with Gasteiger partial charge in [0.25, 0.3) is 0 Å². The fourth-order valence-electron chi connectivity index (χ4n) is 1.51. The number of benzene rings is 1. The predicted octanol–water partition coefficient (Wildman–Crippen LogP) is 1.33. The molecule has 0 heterocycles. The van der Waals surface area contributed by atoms with Crippen molar-refractivity contribution in [2.24, 2.45) is 0 Å². The number of methoxy groups -OCH3 is 1. The van der Waals surface area contributed by atoms with Crippen molar-refractivity contribution in [3.63, 3.8) is 0 Å². The van der Waals surface area contributed by atoms with Gasteiger partial charge in [-0.1, -0.05) is 12.1 Å². The van der Waals surface area contributed by atoms with Crippen molar-refractivity contribution in [2.75, 3.05) is 18.7 Å². The van der Waals surface area contributed by atoms with Gasteiger partial charge in [-0.15, -0.1) is 11.6 Å². The second-order valence-corrected chi connectivity index (χ2v) is 3.85. The Kier molecular flexibility index (Phi) is 4.97. The molecule has 0 aliphatic carbocycles. The van der Waals surface area contributed by atoms with Gasteiger partial charge in [-0.3, -0.25) is 9.59 Å². The number of nitrogen functional groups attached to an aromatic ring is 1. The first-order valence-electron chi connectivity index (χ1n) is 5.09. The molecule has 1 aromatic rings. The minimum absolute atomic E-state index is 0.0491. The number of anilines is 1. The number of ketones is 1. The highest BCUT2D eigenvalue weighted by atomic mass is 35.5. The van der Waals surface area contributed by atoms with Gasteiger partial charge in [0.15, 0.2) is 5.78 Å². The molecular weight excluding hydrogens is 242 g/mol. The van der Waals surface area contributed by atoms with E-state index in [0.717, 1.165) is 5.56 Å². The van der Waals surface area contributed by atoms with E-state index in [2.05, 4.69) is 4.74 Å². The number of alkyl halides is 1. The molecule has 2 N–H and O–H groups in total. The van der Waals surface area contributed by atoms with Crippen molar-refractivity contribution < 1.29 is 14.3 Å². The maximum atomic E-state index is 11.3. The Morgan fingerprint density at radius 3 is 2.65 bits per heavy atom. The number of rotatable bonds is 5. The fourth-order valence-corrected chi connectivity index (χ4v) is 1.61. The van der Waals surface area contributed by atoms with E-state index in [9.17, 15) is 9.59 Å². The summed E-state index contributed by atoms with van der Waals surface area (Å²) in [5.74, 6) is -0.544. The molecule has 0 atom stereocenters. The van der Waals surface area contributed by atoms with Crippen LogP contribution in [0, 0.1) is 0 Å². The van der Waals surface area contributed by atoms with Crippen LogP contribution in [0.25, 0.3) is 0 Å². The third-order valence-corrected chi connectivity index (χ3v) is 2.69. The van der Waals surface area contributed by atoms with Crippen molar-refractivity contribution in [3.05, 3.63) is 29.3 Å². The highest BCUT2D eigenvalue weighted by Crippen LogP contribution is 2.19. The Morgan fingerprint density at radius 2 is 2.06 bits per heavy atom. The minimum atomic E-state index is -0.387. The minimum Gasteiger partial charge on any atom is -0.469 e. The van der Waals surface area contributed by atoms with Crippen LogP contribution in [0.1, 0.15) is 11.1 Å². The highest BCUT2D eigenvalue weighted by molar-refractivity contribution is 6.27. The zero-order chi connectivity index (χ0) is 12.8. The van der Waals surface area contributed by atoms with Crippen LogP contribution >= 0.6 is 11.6 Å². The lowest BCUT2D eigenvalue weighted by molar-refractivity contribution is -0.139. The molecule has 0 aliphatic heterocycles. The maximum absolute atomic E-state index is 11.3. The summed E-state index contributed by atoms with van der Waals surface area (Å²) in [6.45, 7) is 0. The highest BCUT2D eigenvalue weighted by Gasteiger charge is 2.13. The number of halogens is 1. The maximum Gasteiger partial charge on any atom is 0.310 e. The van der Waals surface area contributed by atoms with Crippen molar-refractivity contribution in [1.29, 1.82) is 0 Å². The molecular formula is C12H14ClNO3. The predicted molar refractivity (Wildman–Crippen MR) is 66.0 cm³/mol. The van der Waals surface area contributed by atoms with Crippen LogP contribution in [0.3, 0.4) is 0 Å². The van der Waals surface area contributed by atoms with Crippen LogP contribution in [0.2, 0.25) is 0 Å². The first-order chi connectivity index (χ1) is 8.08. The first kappa shape index (κ1) is 13.5. The molecule has 92 valence electrons. The third-order valence-electron chi connectivity index (χ3n) is 2.39. The second-order valence-electron chi connectivity index (χ2n) is 3.59. The number of carbonyl (C=O) groups is 2. The topological polar surface area (TPSA) is 69.4 Å². The van der Waals surface area contributed by atoms with E-state index in [1.807, 2.05) is 0 Å². The fraction of sp³-hybridized carbons (Fsp3) is 0.333. The number of hydrogen-bond donors (Lipinski definition) is 1. The molecule has 0 aromatic heterocycles. The van der Waals surface area contributed by atoms with Crippen molar-refractivity contribution in [3.8, 4) is 0 Å². The molecule has 0 saturated heterocycles. The SMILES string of the molecule is COC(=O)Cc1c(N)cccc1CC(=O)CCl. The molecule has 0 bridgehead atoms. The quantitative estimate of drug-likeness (QED) is 0.490. The van der Waals surface area contributed by atoms with E-state index in [4.69, 9.17) is 17.3 Å². The summed E-state index contributed by atoms with van der Waals surface area (Å²) in [5.41, 5.74) is 7.63. The molecule has 0 fully saturated rings. The number of esters is 1. The van der Waals surface area contributed by atoms with Crippen LogP contribution in [0.15, 0.2) is 18.2 Å². The summed E-state index contributed by atoms with van der Waals surface area (Å²) in [6.07, 6.45) is 0.245. The number of ether oxygens (including phenoxy) is 1. The molecule has 0 radical (unpaired) electrons. The smallest absolute Gasteiger partial charge is 0.310 e. The average molecular weight is 256 g/mol. The van der Waals surface area contributed by atoms with Gasteiger partial charge in [-0.2, -0.15) is 0 Å². The molecule has 0 aliphatic rings. The molecule has 0 amide bonds. The van der Waals surface area contributed by atoms with E-state index in [1.165, 1.54) is 7.11 Å². The van der Waals surface area contributed by atoms with E-state index >= 15 is 0 Å². The zero-order valence-electron chi connectivity index (χ0n) is 9.53. The summed E-state index contributed by atoms with van der Waals surface area (Å²) < 4.78 is 4.59. The second kappa shape index (κ2) is 6.25. The van der Waals surface area contributed by atoms with Crippen LogP contribution in [0.4, 0.5) is 5.69 Å². The van der Waals surface area contributed by atoms with E-state index in [0.29, 0.717) is 11.3 Å². The van der Waals surface area contributed by atoms with E-state index in [1.54, 1.807) is 18.2 Å². The molecule has 4 nitrogen and oxygen atoms in total. The lowest BCUT2D eigenvalue weighted by Gasteiger charge is -2.10. The van der Waals surface area contributed by atoms with Crippen LogP contribution in [-0.2, 0) is 27.2 Å². The molecule has 0 saturated carbocycles. The number of nitrogens with two attached hydrogens (primary N) is 1. The Hall–Kier alpha value is -1.55. The van der Waals surface area contributed by atoms with E-state index < -0.39 is 0 Å². The Labute approximate surface area is 105 Å². The molecule has 5 heteroatoms. The lowest BCUT2D eigenvalue weighted by atomic mass is 9.98. The summed E-state index contributed by atoms with van der Waals surface area (Å²) >= 11 is 5.45. The van der Waals surface area contributed by atoms with Gasteiger partial charge in [-0.25, -0.2) is 0 Å². The lowest BCUT2D eigenvalue weighted by Crippen LogP contribution is -2.12. The van der Waals surface area contributed by atoms with E-state index in [-0.39, 0.29) is 30.5 Å². The third kappa shape index (κ3) is 3.75. The van der Waals surface area contributed by atoms with Crippen LogP contribution in [-0.4, -0.2) is 24.7 Å². The number of Topliss-reactive ketones (excluding diaryl/α,β-unsaturated/α-hetero) is 1. The monoisotopic (exact) mass is 255 g/mol. The van der Waals surface area contributed by atoms with Gasteiger partial charge in [-0.05, 0) is 17.2 Å². The Balaban J connectivity index is 2.99. The van der Waals surface area contributed by atoms with Gasteiger partial charge < -0.3 is 10.5 Å². The van der Waals surface area contributed by atoms with Crippen LogP contribution in [0.5, 0.6) is 0 Å². The van der Waals surface area contributed by atoms with Gasteiger partial charge in [0.2, 0.25) is 0 Å². The normalized spacial score (nSPS) is 10.0. The molecule has 0 spiro atoms. The molecule has 1 aromatic carbocycles. The van der Waals surface area contributed by atoms with Gasteiger partial charge in [0.05, 0.1) is 19.4 Å². The van der Waals surface area contributed by atoms with Crippen LogP contribution < -0.4 is 5.73 Å². The molecule has 0 unspecified atom stereocenters. The Morgan fingerprint density at radius 1 is 1.35 bits per heavy atom. The summed E-state index contributed by atoms with van der Waals surface area (Å²) in [5, 5.41) is 0. The number of carbonyl (C=O) groups excluding carboxylic acids is 2. The first-order valence-corrected chi connectivity index (χ1v) is 5.62. The largest absolute Gasteiger partial charge is 0.469 e. The zero-order valence-corrected chi connectivity index (χ0v) is 10.3. The van der Waals surface area contributed by atoms with Gasteiger partial charge in [0.1, 0.15) is 0 Å². The summed E-state index contributed by atoms with van der Waals surface area (Å²) in [7, 11) is 1.31. The average Bonchev–Trinajstić information content (AvgIpc) is 2.33. The molecule has 17 heavy (non-hydrogen) atoms. The van der Waals surface area contributed by atoms with Crippen molar-refractivity contribution in [1.82, 2.24) is 0 Å². The summed E-state index contributed by atoms with van der Waals surface area (Å²) in [6, 6.07) is 5.19. The Bertz CT molecular complexity index is 432.